The number of rotatable bonds is 7. The first-order valence-corrected chi connectivity index (χ1v) is 7.22. The number of hydrogen-bond donors (Lipinski definition) is 1. The second-order valence-corrected chi connectivity index (χ2v) is 5.10. The molecule has 6 nitrogen and oxygen atoms in total. The molecule has 2 aromatic rings. The number of aromatic nitrogens is 2. The second-order valence-electron chi connectivity index (χ2n) is 5.10. The molecule has 1 aromatic heterocycles. The Balaban J connectivity index is 1.81. The van der Waals surface area contributed by atoms with E-state index in [1.165, 1.54) is 5.56 Å². The molecule has 0 fully saturated rings. The zero-order valence-electron chi connectivity index (χ0n) is 13.0. The number of likely N-dealkylation sites (N-methyl/N-ethyl adjacent to an activating group) is 1. The van der Waals surface area contributed by atoms with Gasteiger partial charge in [0.05, 0.1) is 19.3 Å². The van der Waals surface area contributed by atoms with Gasteiger partial charge in [-0.25, -0.2) is 4.79 Å². The lowest BCUT2D eigenvalue weighted by atomic mass is 10.2. The minimum Gasteiger partial charge on any atom is -0.383 e. The minimum atomic E-state index is -0.118. The van der Waals surface area contributed by atoms with Gasteiger partial charge in [-0.15, -0.1) is 0 Å². The summed E-state index contributed by atoms with van der Waals surface area (Å²) < 4.78 is 6.82. The summed E-state index contributed by atoms with van der Waals surface area (Å²) in [5.74, 6) is 0. The lowest BCUT2D eigenvalue weighted by molar-refractivity contribution is 0.159. The smallest absolute Gasteiger partial charge is 0.317 e. The van der Waals surface area contributed by atoms with Gasteiger partial charge < -0.3 is 15.0 Å². The first kappa shape index (κ1) is 16.0. The molecule has 0 atom stereocenters. The predicted octanol–water partition coefficient (Wildman–Crippen LogP) is 1.72. The summed E-state index contributed by atoms with van der Waals surface area (Å²) in [7, 11) is 3.36. The fourth-order valence-corrected chi connectivity index (χ4v) is 2.00. The summed E-state index contributed by atoms with van der Waals surface area (Å²) >= 11 is 0. The van der Waals surface area contributed by atoms with E-state index in [0.29, 0.717) is 19.7 Å². The van der Waals surface area contributed by atoms with Crippen LogP contribution in [0.4, 0.5) is 4.79 Å². The van der Waals surface area contributed by atoms with Crippen LogP contribution >= 0.6 is 0 Å². The molecule has 118 valence electrons. The molecule has 0 aliphatic rings. The average molecular weight is 302 g/mol. The molecule has 0 unspecified atom stereocenters. The van der Waals surface area contributed by atoms with E-state index in [9.17, 15) is 4.79 Å². The Kier molecular flexibility index (Phi) is 5.97. The van der Waals surface area contributed by atoms with Crippen LogP contribution in [-0.4, -0.2) is 48.0 Å². The summed E-state index contributed by atoms with van der Waals surface area (Å²) in [4.78, 5) is 13.4. The van der Waals surface area contributed by atoms with Crippen molar-refractivity contribution < 1.29 is 9.53 Å². The Morgan fingerprint density at radius 2 is 2.09 bits per heavy atom. The first-order chi connectivity index (χ1) is 10.7. The van der Waals surface area contributed by atoms with Crippen molar-refractivity contribution in [3.8, 4) is 0 Å². The highest BCUT2D eigenvalue weighted by Gasteiger charge is 2.08. The third kappa shape index (κ3) is 4.89. The van der Waals surface area contributed by atoms with E-state index in [1.54, 1.807) is 25.3 Å². The third-order valence-corrected chi connectivity index (χ3v) is 3.30. The Morgan fingerprint density at radius 1 is 1.32 bits per heavy atom. The van der Waals surface area contributed by atoms with Gasteiger partial charge in [0.25, 0.3) is 0 Å². The SMILES string of the molecule is COCCN(C)C(=O)NCc1cnn(Cc2ccccc2)c1. The number of carbonyl (C=O) groups excluding carboxylic acids is 1. The number of hydrogen-bond acceptors (Lipinski definition) is 3. The molecule has 0 aliphatic carbocycles. The van der Waals surface area contributed by atoms with E-state index in [1.807, 2.05) is 29.1 Å². The largest absolute Gasteiger partial charge is 0.383 e. The molecule has 0 saturated carbocycles. The molecule has 0 bridgehead atoms. The number of carbonyl (C=O) groups is 1. The summed E-state index contributed by atoms with van der Waals surface area (Å²) in [6.45, 7) is 2.28. The zero-order valence-corrected chi connectivity index (χ0v) is 13.0. The van der Waals surface area contributed by atoms with Gasteiger partial charge in [0, 0.05) is 39.0 Å². The van der Waals surface area contributed by atoms with E-state index in [2.05, 4.69) is 22.5 Å². The van der Waals surface area contributed by atoms with Gasteiger partial charge in [0.1, 0.15) is 0 Å². The number of urea groups is 1. The minimum absolute atomic E-state index is 0.118. The molecular formula is C16H22N4O2. The summed E-state index contributed by atoms with van der Waals surface area (Å²) in [6, 6.07) is 10.0. The molecule has 6 heteroatoms. The molecule has 2 rings (SSSR count). The lowest BCUT2D eigenvalue weighted by Crippen LogP contribution is -2.38. The number of methoxy groups -OCH3 is 1. The highest BCUT2D eigenvalue weighted by molar-refractivity contribution is 5.73. The maximum atomic E-state index is 11.9. The fraction of sp³-hybridized carbons (Fsp3) is 0.375. The maximum absolute atomic E-state index is 11.9. The van der Waals surface area contributed by atoms with Crippen molar-refractivity contribution in [3.05, 3.63) is 53.9 Å². The van der Waals surface area contributed by atoms with E-state index in [4.69, 9.17) is 4.74 Å². The lowest BCUT2D eigenvalue weighted by Gasteiger charge is -2.16. The van der Waals surface area contributed by atoms with E-state index < -0.39 is 0 Å². The number of amides is 2. The molecule has 2 amide bonds. The van der Waals surface area contributed by atoms with Crippen LogP contribution in [0, 0.1) is 0 Å². The number of benzene rings is 1. The van der Waals surface area contributed by atoms with Gasteiger partial charge in [0.2, 0.25) is 0 Å². The van der Waals surface area contributed by atoms with Crippen molar-refractivity contribution in [3.63, 3.8) is 0 Å². The average Bonchev–Trinajstić information content (AvgIpc) is 2.98. The summed E-state index contributed by atoms with van der Waals surface area (Å²) in [6.07, 6.45) is 3.72. The van der Waals surface area contributed by atoms with Gasteiger partial charge in [-0.05, 0) is 5.56 Å². The summed E-state index contributed by atoms with van der Waals surface area (Å²) in [5.41, 5.74) is 2.17. The quantitative estimate of drug-likeness (QED) is 0.847. The molecule has 22 heavy (non-hydrogen) atoms. The van der Waals surface area contributed by atoms with Crippen LogP contribution in [0.1, 0.15) is 11.1 Å². The zero-order chi connectivity index (χ0) is 15.8. The molecule has 0 aliphatic heterocycles. The highest BCUT2D eigenvalue weighted by Crippen LogP contribution is 2.04. The van der Waals surface area contributed by atoms with Crippen molar-refractivity contribution in [2.45, 2.75) is 13.1 Å². The molecule has 1 N–H and O–H groups in total. The van der Waals surface area contributed by atoms with Crippen LogP contribution in [-0.2, 0) is 17.8 Å². The standard InChI is InChI=1S/C16H22N4O2/c1-19(8-9-22-2)16(21)17-10-15-11-18-20(13-15)12-14-6-4-3-5-7-14/h3-7,11,13H,8-10,12H2,1-2H3,(H,17,21). The Hall–Kier alpha value is -2.34. The molecule has 0 radical (unpaired) electrons. The normalized spacial score (nSPS) is 10.5. The van der Waals surface area contributed by atoms with Crippen molar-refractivity contribution >= 4 is 6.03 Å². The van der Waals surface area contributed by atoms with Gasteiger partial charge in [-0.3, -0.25) is 4.68 Å². The van der Waals surface area contributed by atoms with Gasteiger partial charge >= 0.3 is 6.03 Å². The van der Waals surface area contributed by atoms with Crippen LogP contribution in [0.15, 0.2) is 42.7 Å². The molecule has 1 heterocycles. The number of nitrogens with zero attached hydrogens (tertiary/aromatic N) is 3. The van der Waals surface area contributed by atoms with Crippen molar-refractivity contribution in [2.75, 3.05) is 27.3 Å². The Labute approximate surface area is 130 Å². The van der Waals surface area contributed by atoms with Gasteiger partial charge in [-0.1, -0.05) is 30.3 Å². The number of nitrogens with one attached hydrogen (secondary N) is 1. The van der Waals surface area contributed by atoms with Gasteiger partial charge in [0.15, 0.2) is 0 Å². The molecule has 0 spiro atoms. The number of ether oxygens (including phenoxy) is 1. The van der Waals surface area contributed by atoms with Crippen LogP contribution in [0.5, 0.6) is 0 Å². The Morgan fingerprint density at radius 3 is 2.82 bits per heavy atom. The third-order valence-electron chi connectivity index (χ3n) is 3.30. The molecular weight excluding hydrogens is 280 g/mol. The van der Waals surface area contributed by atoms with E-state index in [-0.39, 0.29) is 6.03 Å². The van der Waals surface area contributed by atoms with Crippen LogP contribution < -0.4 is 5.32 Å². The van der Waals surface area contributed by atoms with E-state index >= 15 is 0 Å². The molecule has 1 aromatic carbocycles. The first-order valence-electron chi connectivity index (χ1n) is 7.22. The van der Waals surface area contributed by atoms with Crippen molar-refractivity contribution in [2.24, 2.45) is 0 Å². The second kappa shape index (κ2) is 8.19. The monoisotopic (exact) mass is 302 g/mol. The van der Waals surface area contributed by atoms with Crippen LogP contribution in [0.2, 0.25) is 0 Å². The van der Waals surface area contributed by atoms with Gasteiger partial charge in [-0.2, -0.15) is 5.10 Å². The predicted molar refractivity (Wildman–Crippen MR) is 84.5 cm³/mol. The van der Waals surface area contributed by atoms with E-state index in [0.717, 1.165) is 12.1 Å². The van der Waals surface area contributed by atoms with Crippen molar-refractivity contribution in [1.29, 1.82) is 0 Å². The maximum Gasteiger partial charge on any atom is 0.317 e. The highest BCUT2D eigenvalue weighted by atomic mass is 16.5. The Bertz CT molecular complexity index is 583. The van der Waals surface area contributed by atoms with Crippen molar-refractivity contribution in [1.82, 2.24) is 20.0 Å². The molecule has 0 saturated heterocycles. The topological polar surface area (TPSA) is 59.4 Å². The van der Waals surface area contributed by atoms with Crippen LogP contribution in [0.25, 0.3) is 0 Å². The summed E-state index contributed by atoms with van der Waals surface area (Å²) in [5, 5.41) is 7.18. The fourth-order valence-electron chi connectivity index (χ4n) is 2.00. The van der Waals surface area contributed by atoms with Crippen LogP contribution in [0.3, 0.4) is 0 Å².